The van der Waals surface area contributed by atoms with Crippen molar-refractivity contribution in [1.29, 1.82) is 0 Å². The molecule has 0 aromatic heterocycles. The van der Waals surface area contributed by atoms with Crippen molar-refractivity contribution in [3.8, 4) is 44.9 Å². The molecule has 300 valence electrons. The molecule has 0 amide bonds. The van der Waals surface area contributed by atoms with Gasteiger partial charge in [0.05, 0.1) is 22.2 Å². The first-order chi connectivity index (χ1) is 31.8. The van der Waals surface area contributed by atoms with Crippen molar-refractivity contribution in [2.24, 2.45) is 0 Å². The van der Waals surface area contributed by atoms with E-state index in [1.807, 2.05) is 0 Å². The maximum absolute atomic E-state index is 6.73. The van der Waals surface area contributed by atoms with Crippen molar-refractivity contribution in [2.45, 2.75) is 10.8 Å². The molecule has 2 aliphatic carbocycles. The van der Waals surface area contributed by atoms with Crippen molar-refractivity contribution >= 4 is 17.1 Å². The number of benzene rings is 10. The minimum atomic E-state index is -0.604. The molecule has 10 aromatic rings. The maximum Gasteiger partial charge on any atom is 0.132 e. The largest absolute Gasteiger partial charge is 0.457 e. The van der Waals surface area contributed by atoms with Gasteiger partial charge in [-0.05, 0) is 92.0 Å². The predicted molar refractivity (Wildman–Crippen MR) is 261 cm³/mol. The molecule has 0 fully saturated rings. The van der Waals surface area contributed by atoms with Gasteiger partial charge in [0.15, 0.2) is 0 Å². The summed E-state index contributed by atoms with van der Waals surface area (Å²) in [4.78, 5) is 2.54. The first kappa shape index (κ1) is 36.5. The number of rotatable bonds is 6. The van der Waals surface area contributed by atoms with Crippen LogP contribution in [0.25, 0.3) is 33.4 Å². The third kappa shape index (κ3) is 4.97. The summed E-state index contributed by atoms with van der Waals surface area (Å²) in [7, 11) is 0. The van der Waals surface area contributed by atoms with E-state index in [-0.39, 0.29) is 0 Å². The molecule has 1 spiro atoms. The molecule has 0 atom stereocenters. The standard InChI is InChI=1S/C62H41NO/c1-4-21-42(22-5-1)46-27-12-17-35-56(46)63(45-39-40-48-47-28-10-13-30-50(47)61(55(48)41-45,43-23-6-2-7-24-43)44-25-8-3-9-26-44)57-36-20-34-54-60(57)49-29-11-14-31-51(49)62(54)52-32-15-18-37-58(52)64-59-38-19-16-33-53(59)62/h1-41H. The van der Waals surface area contributed by atoms with Gasteiger partial charge in [-0.2, -0.15) is 0 Å². The van der Waals surface area contributed by atoms with Gasteiger partial charge in [0.1, 0.15) is 11.5 Å². The lowest BCUT2D eigenvalue weighted by Gasteiger charge is -2.39. The summed E-state index contributed by atoms with van der Waals surface area (Å²) in [5.41, 5.74) is 19.3. The maximum atomic E-state index is 6.73. The van der Waals surface area contributed by atoms with Gasteiger partial charge in [-0.15, -0.1) is 0 Å². The predicted octanol–water partition coefficient (Wildman–Crippen LogP) is 15.7. The summed E-state index contributed by atoms with van der Waals surface area (Å²) in [6.07, 6.45) is 0. The molecule has 0 radical (unpaired) electrons. The van der Waals surface area contributed by atoms with Crippen LogP contribution in [0.2, 0.25) is 0 Å². The monoisotopic (exact) mass is 815 g/mol. The fourth-order valence-corrected chi connectivity index (χ4v) is 11.6. The van der Waals surface area contributed by atoms with Crippen LogP contribution in [-0.2, 0) is 10.8 Å². The van der Waals surface area contributed by atoms with Gasteiger partial charge in [-0.25, -0.2) is 0 Å². The molecule has 10 aromatic carbocycles. The Kier molecular flexibility index (Phi) is 8.07. The zero-order valence-electron chi connectivity index (χ0n) is 35.0. The second-order valence-corrected chi connectivity index (χ2v) is 17.1. The van der Waals surface area contributed by atoms with E-state index in [0.717, 1.165) is 50.8 Å². The lowest BCUT2D eigenvalue weighted by atomic mass is 9.66. The van der Waals surface area contributed by atoms with E-state index in [4.69, 9.17) is 4.74 Å². The highest BCUT2D eigenvalue weighted by Gasteiger charge is 2.52. The molecule has 2 nitrogen and oxygen atoms in total. The third-order valence-corrected chi connectivity index (χ3v) is 14.0. The number of hydrogen-bond acceptors (Lipinski definition) is 2. The van der Waals surface area contributed by atoms with Gasteiger partial charge in [-0.3, -0.25) is 0 Å². The van der Waals surface area contributed by atoms with Gasteiger partial charge >= 0.3 is 0 Å². The van der Waals surface area contributed by atoms with Crippen LogP contribution in [0.4, 0.5) is 17.1 Å². The van der Waals surface area contributed by atoms with Crippen LogP contribution in [0.5, 0.6) is 11.5 Å². The molecule has 0 unspecified atom stereocenters. The molecule has 0 N–H and O–H groups in total. The number of para-hydroxylation sites is 3. The van der Waals surface area contributed by atoms with Crippen molar-refractivity contribution < 1.29 is 4.74 Å². The van der Waals surface area contributed by atoms with Crippen LogP contribution >= 0.6 is 0 Å². The van der Waals surface area contributed by atoms with E-state index >= 15 is 0 Å². The summed E-state index contributed by atoms with van der Waals surface area (Å²) in [5, 5.41) is 0. The molecule has 0 saturated carbocycles. The van der Waals surface area contributed by atoms with E-state index in [1.165, 1.54) is 55.6 Å². The molecule has 64 heavy (non-hydrogen) atoms. The molecule has 1 heterocycles. The minimum Gasteiger partial charge on any atom is -0.457 e. The van der Waals surface area contributed by atoms with Gasteiger partial charge < -0.3 is 9.64 Å². The zero-order chi connectivity index (χ0) is 42.2. The molecular weight excluding hydrogens is 775 g/mol. The Morgan fingerprint density at radius 2 is 0.766 bits per heavy atom. The fourth-order valence-electron chi connectivity index (χ4n) is 11.6. The summed E-state index contributed by atoms with van der Waals surface area (Å²) in [5.74, 6) is 1.77. The van der Waals surface area contributed by atoms with Crippen LogP contribution in [-0.4, -0.2) is 0 Å². The first-order valence-corrected chi connectivity index (χ1v) is 22.2. The Balaban J connectivity index is 1.14. The Hall–Kier alpha value is -8.20. The highest BCUT2D eigenvalue weighted by atomic mass is 16.5. The SMILES string of the molecule is c1ccc(-c2ccccc2N(c2ccc3c(c2)C(c2ccccc2)(c2ccccc2)c2ccccc2-3)c2cccc3c2-c2ccccc2C32c3ccccc3Oc3ccccc32)cc1. The third-order valence-electron chi connectivity index (χ3n) is 14.0. The zero-order valence-corrected chi connectivity index (χ0v) is 35.0. The van der Waals surface area contributed by atoms with Gasteiger partial charge in [0.25, 0.3) is 0 Å². The number of ether oxygens (including phenoxy) is 1. The summed E-state index contributed by atoms with van der Waals surface area (Å²) >= 11 is 0. The molecule has 1 aliphatic heterocycles. The van der Waals surface area contributed by atoms with Crippen LogP contribution in [0, 0.1) is 0 Å². The van der Waals surface area contributed by atoms with Gasteiger partial charge in [0, 0.05) is 27.9 Å². The second kappa shape index (κ2) is 14.2. The quantitative estimate of drug-likeness (QED) is 0.166. The minimum absolute atomic E-state index is 0.556. The summed E-state index contributed by atoms with van der Waals surface area (Å²) in [6, 6.07) is 91.3. The number of fused-ring (bicyclic) bond motifs is 12. The Bertz CT molecular complexity index is 3340. The Morgan fingerprint density at radius 1 is 0.297 bits per heavy atom. The highest BCUT2D eigenvalue weighted by molar-refractivity contribution is 6.01. The topological polar surface area (TPSA) is 12.5 Å². The Labute approximate surface area is 374 Å². The second-order valence-electron chi connectivity index (χ2n) is 17.1. The Morgan fingerprint density at radius 3 is 1.42 bits per heavy atom. The molecule has 0 saturated heterocycles. The molecule has 13 rings (SSSR count). The normalized spacial score (nSPS) is 14.0. The van der Waals surface area contributed by atoms with E-state index < -0.39 is 10.8 Å². The van der Waals surface area contributed by atoms with Gasteiger partial charge in [-0.1, -0.05) is 212 Å². The average molecular weight is 816 g/mol. The van der Waals surface area contributed by atoms with Crippen LogP contribution in [0.15, 0.2) is 249 Å². The molecule has 0 bridgehead atoms. The summed E-state index contributed by atoms with van der Waals surface area (Å²) in [6.45, 7) is 0. The molecular formula is C62H41NO. The molecule has 3 aliphatic rings. The fraction of sp³-hybridized carbons (Fsp3) is 0.0323. The lowest BCUT2D eigenvalue weighted by Crippen LogP contribution is -2.32. The first-order valence-electron chi connectivity index (χ1n) is 22.2. The van der Waals surface area contributed by atoms with E-state index in [9.17, 15) is 0 Å². The van der Waals surface area contributed by atoms with Crippen molar-refractivity contribution in [1.82, 2.24) is 0 Å². The summed E-state index contributed by atoms with van der Waals surface area (Å²) < 4.78 is 6.73. The molecule has 2 heteroatoms. The number of nitrogens with zero attached hydrogens (tertiary/aromatic N) is 1. The number of anilines is 3. The van der Waals surface area contributed by atoms with Crippen molar-refractivity contribution in [3.63, 3.8) is 0 Å². The average Bonchev–Trinajstić information content (AvgIpc) is 3.84. The van der Waals surface area contributed by atoms with Crippen molar-refractivity contribution in [3.05, 3.63) is 293 Å². The van der Waals surface area contributed by atoms with Crippen LogP contribution in [0.1, 0.15) is 44.5 Å². The van der Waals surface area contributed by atoms with Crippen LogP contribution in [0.3, 0.4) is 0 Å². The van der Waals surface area contributed by atoms with E-state index in [0.29, 0.717) is 0 Å². The van der Waals surface area contributed by atoms with Crippen molar-refractivity contribution in [2.75, 3.05) is 4.90 Å². The number of hydrogen-bond donors (Lipinski definition) is 0. The van der Waals surface area contributed by atoms with E-state index in [1.54, 1.807) is 0 Å². The highest BCUT2D eigenvalue weighted by Crippen LogP contribution is 2.65. The smallest absolute Gasteiger partial charge is 0.132 e. The van der Waals surface area contributed by atoms with E-state index in [2.05, 4.69) is 254 Å². The van der Waals surface area contributed by atoms with Crippen LogP contribution < -0.4 is 9.64 Å². The van der Waals surface area contributed by atoms with Gasteiger partial charge in [0.2, 0.25) is 0 Å². The lowest BCUT2D eigenvalue weighted by molar-refractivity contribution is 0.436.